The van der Waals surface area contributed by atoms with Crippen LogP contribution in [0.1, 0.15) is 38.2 Å². The molecule has 6 rings (SSSR count). The van der Waals surface area contributed by atoms with Gasteiger partial charge >= 0.3 is 14.0 Å². The lowest BCUT2D eigenvalue weighted by Crippen LogP contribution is -2.42. The number of halogens is 2. The van der Waals surface area contributed by atoms with Gasteiger partial charge in [-0.3, -0.25) is 18.1 Å². The molecule has 5 heterocycles. The van der Waals surface area contributed by atoms with Crippen molar-refractivity contribution >= 4 is 42.7 Å². The van der Waals surface area contributed by atoms with Crippen LogP contribution in [0.4, 0.5) is 15.1 Å². The number of nitrogens with two attached hydrogens (primary N) is 1. The van der Waals surface area contributed by atoms with Gasteiger partial charge in [-0.05, 0) is 37.6 Å². The highest BCUT2D eigenvalue weighted by molar-refractivity contribution is 7.48. The Hall–Kier alpha value is -3.07. The summed E-state index contributed by atoms with van der Waals surface area (Å²) in [5, 5.41) is 0.168. The number of ether oxygens (including phenoxy) is 4. The number of fused-ring (bicyclic) bond motifs is 2. The lowest BCUT2D eigenvalue weighted by molar-refractivity contribution is -0.0925. The maximum absolute atomic E-state index is 13.9. The van der Waals surface area contributed by atoms with E-state index >= 15 is 0 Å². The van der Waals surface area contributed by atoms with Crippen molar-refractivity contribution in [3.05, 3.63) is 40.9 Å². The van der Waals surface area contributed by atoms with Crippen LogP contribution in [0, 0.1) is 5.82 Å². The second-order valence-electron chi connectivity index (χ2n) is 9.41. The lowest BCUT2D eigenvalue weighted by Gasteiger charge is -2.30. The summed E-state index contributed by atoms with van der Waals surface area (Å²) in [4.78, 5) is 24.9. The van der Waals surface area contributed by atoms with Crippen molar-refractivity contribution < 1.29 is 46.3 Å². The zero-order valence-electron chi connectivity index (χ0n) is 21.2. The van der Waals surface area contributed by atoms with E-state index in [0.717, 1.165) is 6.07 Å². The van der Waals surface area contributed by atoms with Crippen molar-refractivity contribution in [2.75, 3.05) is 25.6 Å². The number of hydrogen-bond acceptors (Lipinski definition) is 13. The number of aromatic nitrogens is 4. The Labute approximate surface area is 231 Å². The summed E-state index contributed by atoms with van der Waals surface area (Å²) in [5.74, 6) is -0.439. The van der Waals surface area contributed by atoms with E-state index in [-0.39, 0.29) is 35.7 Å². The van der Waals surface area contributed by atoms with Crippen LogP contribution in [-0.2, 0) is 32.3 Å². The zero-order valence-corrected chi connectivity index (χ0v) is 22.8. The molecule has 14 nitrogen and oxygen atoms in total. The summed E-state index contributed by atoms with van der Waals surface area (Å²) >= 11 is 5.96. The number of hydrogen-bond donors (Lipinski definition) is 1. The molecular formula is C23H24ClFN5O9P. The molecule has 0 aliphatic carbocycles. The highest BCUT2D eigenvalue weighted by atomic mass is 35.5. The number of anilines is 1. The summed E-state index contributed by atoms with van der Waals surface area (Å²) < 4.78 is 68.0. The maximum Gasteiger partial charge on any atom is 0.509 e. The molecule has 0 amide bonds. The molecule has 3 aliphatic rings. The van der Waals surface area contributed by atoms with Crippen molar-refractivity contribution in [1.29, 1.82) is 0 Å². The fraction of sp³-hybridized carbons (Fsp3) is 0.478. The number of nitrogen functional groups attached to an aromatic ring is 1. The first-order chi connectivity index (χ1) is 19.1. The van der Waals surface area contributed by atoms with Crippen LogP contribution in [0.15, 0.2) is 24.5 Å². The van der Waals surface area contributed by atoms with Crippen LogP contribution in [0.3, 0.4) is 0 Å². The molecular weight excluding hydrogens is 576 g/mol. The number of rotatable bonds is 7. The van der Waals surface area contributed by atoms with Crippen molar-refractivity contribution in [3.63, 3.8) is 0 Å². The molecule has 17 heteroatoms. The minimum Gasteiger partial charge on any atom is -0.476 e. The van der Waals surface area contributed by atoms with Gasteiger partial charge < -0.3 is 24.7 Å². The van der Waals surface area contributed by atoms with Crippen molar-refractivity contribution in [3.8, 4) is 5.88 Å². The molecule has 3 aromatic rings. The Balaban J connectivity index is 1.24. The molecule has 2 N–H and O–H groups in total. The molecule has 6 atom stereocenters. The van der Waals surface area contributed by atoms with E-state index in [1.165, 1.54) is 23.0 Å². The number of carbonyl (C=O) groups excluding carboxylic acids is 1. The number of imidazole rings is 1. The number of carbonyl (C=O) groups is 1. The Kier molecular flexibility index (Phi) is 6.84. The molecule has 3 saturated heterocycles. The van der Waals surface area contributed by atoms with Gasteiger partial charge in [0.15, 0.2) is 29.1 Å². The van der Waals surface area contributed by atoms with Crippen LogP contribution < -0.4 is 10.5 Å². The molecule has 0 bridgehead atoms. The van der Waals surface area contributed by atoms with Gasteiger partial charge in [-0.15, -0.1) is 0 Å². The van der Waals surface area contributed by atoms with Gasteiger partial charge in [-0.2, -0.15) is 9.97 Å². The SMILES string of the molecule is CCOc1nc(N)nc2c1ncn2[C@@H]1O[C@H](CO[P@@]2(=O)OCC[C@@H](c3cc(F)cc(Cl)c3)O2)[C@H]2OC(=O)O[C@]21C. The third kappa shape index (κ3) is 4.76. The van der Waals surface area contributed by atoms with Crippen LogP contribution in [-0.4, -0.2) is 63.3 Å². The quantitative estimate of drug-likeness (QED) is 0.305. The van der Waals surface area contributed by atoms with E-state index in [1.807, 2.05) is 0 Å². The fourth-order valence-electron chi connectivity index (χ4n) is 5.01. The van der Waals surface area contributed by atoms with Gasteiger partial charge in [-0.1, -0.05) is 11.6 Å². The van der Waals surface area contributed by atoms with E-state index in [9.17, 15) is 13.8 Å². The molecule has 0 unspecified atom stereocenters. The Morgan fingerprint density at radius 1 is 1.32 bits per heavy atom. The van der Waals surface area contributed by atoms with Crippen LogP contribution in [0.2, 0.25) is 5.02 Å². The molecule has 0 spiro atoms. The Morgan fingerprint density at radius 2 is 2.15 bits per heavy atom. The average molecular weight is 600 g/mol. The molecule has 2 aromatic heterocycles. The van der Waals surface area contributed by atoms with E-state index in [2.05, 4.69) is 15.0 Å². The molecule has 0 radical (unpaired) electrons. The maximum atomic E-state index is 13.9. The van der Waals surface area contributed by atoms with E-state index in [4.69, 9.17) is 49.9 Å². The topological polar surface area (TPSA) is 168 Å². The van der Waals surface area contributed by atoms with Gasteiger partial charge in [0.1, 0.15) is 11.9 Å². The largest absolute Gasteiger partial charge is 0.509 e. The highest BCUT2D eigenvalue weighted by Gasteiger charge is 2.64. The van der Waals surface area contributed by atoms with Crippen LogP contribution in [0.25, 0.3) is 11.2 Å². The summed E-state index contributed by atoms with van der Waals surface area (Å²) in [5.41, 5.74) is 5.51. The van der Waals surface area contributed by atoms with Gasteiger partial charge in [0.2, 0.25) is 11.8 Å². The Bertz CT molecular complexity index is 1510. The van der Waals surface area contributed by atoms with Crippen LogP contribution >= 0.6 is 19.4 Å². The highest BCUT2D eigenvalue weighted by Crippen LogP contribution is 2.58. The first-order valence-electron chi connectivity index (χ1n) is 12.3. The van der Waals surface area contributed by atoms with Crippen LogP contribution in [0.5, 0.6) is 5.88 Å². The summed E-state index contributed by atoms with van der Waals surface area (Å²) in [7, 11) is -4.13. The van der Waals surface area contributed by atoms with E-state index < -0.39 is 49.9 Å². The first-order valence-corrected chi connectivity index (χ1v) is 14.1. The summed E-state index contributed by atoms with van der Waals surface area (Å²) in [6.07, 6.45) is -2.92. The van der Waals surface area contributed by atoms with E-state index in [0.29, 0.717) is 24.1 Å². The average Bonchev–Trinajstić information content (AvgIpc) is 3.51. The number of nitrogens with zero attached hydrogens (tertiary/aromatic N) is 4. The molecule has 3 aliphatic heterocycles. The van der Waals surface area contributed by atoms with Gasteiger partial charge in [0, 0.05) is 11.4 Å². The van der Waals surface area contributed by atoms with Gasteiger partial charge in [0.05, 0.1) is 32.3 Å². The predicted octanol–water partition coefficient (Wildman–Crippen LogP) is 4.09. The first kappa shape index (κ1) is 27.1. The fourth-order valence-corrected chi connectivity index (χ4v) is 6.63. The summed E-state index contributed by atoms with van der Waals surface area (Å²) in [6, 6.07) is 3.90. The second kappa shape index (κ2) is 10.1. The lowest BCUT2D eigenvalue weighted by atomic mass is 9.96. The van der Waals surface area contributed by atoms with Crippen molar-refractivity contribution in [2.45, 2.75) is 50.4 Å². The standard InChI is InChI=1S/C23H24ClFN5O9P/c1-3-33-19-16-18(28-21(26)29-19)30(10-27-16)20-23(2)17(37-22(31)38-23)15(36-20)9-35-40(32)34-5-4-14(39-40)11-6-12(24)8-13(25)7-11/h6-8,10,14-15,17,20H,3-5,9H2,1-2H3,(H2,26,28,29)/t14-,15+,17+,20+,23+,40+/m0/s1. The molecule has 214 valence electrons. The number of benzene rings is 1. The van der Waals surface area contributed by atoms with Crippen molar-refractivity contribution in [1.82, 2.24) is 19.5 Å². The third-order valence-corrected chi connectivity index (χ3v) is 8.40. The zero-order chi connectivity index (χ0) is 28.2. The summed E-state index contributed by atoms with van der Waals surface area (Å²) in [6.45, 7) is 3.38. The van der Waals surface area contributed by atoms with Gasteiger partial charge in [-0.25, -0.2) is 18.7 Å². The monoisotopic (exact) mass is 599 g/mol. The minimum atomic E-state index is -4.13. The second-order valence-corrected chi connectivity index (χ2v) is 11.5. The normalized spacial score (nSPS) is 31.6. The molecule has 1 aromatic carbocycles. The predicted molar refractivity (Wildman–Crippen MR) is 134 cm³/mol. The van der Waals surface area contributed by atoms with E-state index in [1.54, 1.807) is 13.8 Å². The number of phosphoric ester groups is 1. The number of phosphoric acid groups is 1. The minimum absolute atomic E-state index is 0.0216. The third-order valence-electron chi connectivity index (χ3n) is 6.70. The Morgan fingerprint density at radius 3 is 2.92 bits per heavy atom. The molecule has 3 fully saturated rings. The molecule has 0 saturated carbocycles. The molecule has 40 heavy (non-hydrogen) atoms. The van der Waals surface area contributed by atoms with Gasteiger partial charge in [0.25, 0.3) is 0 Å². The smallest absolute Gasteiger partial charge is 0.476 e. The van der Waals surface area contributed by atoms with Crippen molar-refractivity contribution in [2.24, 2.45) is 0 Å².